The van der Waals surface area contributed by atoms with E-state index in [2.05, 4.69) is 24.1 Å². The molecule has 2 aliphatic rings. The number of carbonyl (C=O) groups excluding carboxylic acids is 2. The molecule has 2 aliphatic heterocycles. The maximum atomic E-state index is 11.9. The first kappa shape index (κ1) is 16.3. The van der Waals surface area contributed by atoms with Gasteiger partial charge in [0, 0.05) is 45.1 Å². The van der Waals surface area contributed by atoms with Crippen molar-refractivity contribution in [2.24, 2.45) is 5.92 Å². The third-order valence-corrected chi connectivity index (χ3v) is 4.41. The molecule has 0 saturated carbocycles. The van der Waals surface area contributed by atoms with Gasteiger partial charge in [0.05, 0.1) is 0 Å². The van der Waals surface area contributed by atoms with Crippen LogP contribution in [0.2, 0.25) is 0 Å². The van der Waals surface area contributed by atoms with Crippen molar-refractivity contribution in [3.8, 4) is 0 Å². The van der Waals surface area contributed by atoms with E-state index in [-0.39, 0.29) is 11.8 Å². The van der Waals surface area contributed by atoms with E-state index in [0.29, 0.717) is 31.3 Å². The van der Waals surface area contributed by atoms with E-state index in [1.807, 2.05) is 0 Å². The molecule has 5 nitrogen and oxygen atoms in total. The Bertz CT molecular complexity index is 371. The molecule has 0 spiro atoms. The van der Waals surface area contributed by atoms with Gasteiger partial charge < -0.3 is 10.2 Å². The van der Waals surface area contributed by atoms with Crippen LogP contribution in [0.15, 0.2) is 0 Å². The van der Waals surface area contributed by atoms with Crippen LogP contribution in [0.5, 0.6) is 0 Å². The van der Waals surface area contributed by atoms with E-state index < -0.39 is 0 Å². The average molecular weight is 295 g/mol. The summed E-state index contributed by atoms with van der Waals surface area (Å²) in [7, 11) is 0. The molecule has 21 heavy (non-hydrogen) atoms. The molecule has 2 amide bonds. The zero-order chi connectivity index (χ0) is 15.2. The average Bonchev–Trinajstić information content (AvgIpc) is 3.02. The van der Waals surface area contributed by atoms with Crippen LogP contribution in [0.25, 0.3) is 0 Å². The lowest BCUT2D eigenvalue weighted by Gasteiger charge is -2.26. The van der Waals surface area contributed by atoms with Crippen LogP contribution in [-0.2, 0) is 9.59 Å². The predicted octanol–water partition coefficient (Wildman–Crippen LogP) is 1.24. The maximum Gasteiger partial charge on any atom is 0.222 e. The number of carbonyl (C=O) groups is 2. The number of hydrogen-bond donors (Lipinski definition) is 1. The Morgan fingerprint density at radius 1 is 1.33 bits per heavy atom. The fraction of sp³-hybridized carbons (Fsp3) is 0.875. The first-order chi connectivity index (χ1) is 10.1. The number of nitrogens with one attached hydrogen (secondary N) is 1. The minimum Gasteiger partial charge on any atom is -0.354 e. The molecule has 0 aromatic heterocycles. The SMILES string of the molecule is CC(C)CN1CCC[C@H]1CNC(=O)CCN1CCCC1=O. The minimum atomic E-state index is 0.0751. The highest BCUT2D eigenvalue weighted by atomic mass is 16.2. The van der Waals surface area contributed by atoms with Gasteiger partial charge >= 0.3 is 0 Å². The molecule has 1 N–H and O–H groups in total. The van der Waals surface area contributed by atoms with Gasteiger partial charge in [0.2, 0.25) is 11.8 Å². The molecule has 2 saturated heterocycles. The van der Waals surface area contributed by atoms with Gasteiger partial charge in [-0.25, -0.2) is 0 Å². The van der Waals surface area contributed by atoms with Gasteiger partial charge in [-0.1, -0.05) is 13.8 Å². The number of hydrogen-bond acceptors (Lipinski definition) is 3. The van der Waals surface area contributed by atoms with Gasteiger partial charge in [-0.2, -0.15) is 0 Å². The molecule has 5 heteroatoms. The summed E-state index contributed by atoms with van der Waals surface area (Å²) in [5.74, 6) is 0.940. The van der Waals surface area contributed by atoms with Crippen LogP contribution in [0.4, 0.5) is 0 Å². The van der Waals surface area contributed by atoms with Crippen LogP contribution >= 0.6 is 0 Å². The molecular weight excluding hydrogens is 266 g/mol. The smallest absolute Gasteiger partial charge is 0.222 e. The number of amides is 2. The van der Waals surface area contributed by atoms with E-state index in [9.17, 15) is 9.59 Å². The van der Waals surface area contributed by atoms with E-state index in [1.165, 1.54) is 12.8 Å². The Hall–Kier alpha value is -1.10. The van der Waals surface area contributed by atoms with Crippen molar-refractivity contribution in [1.29, 1.82) is 0 Å². The number of nitrogens with zero attached hydrogens (tertiary/aromatic N) is 2. The summed E-state index contributed by atoms with van der Waals surface area (Å²) < 4.78 is 0. The first-order valence-electron chi connectivity index (χ1n) is 8.35. The Labute approximate surface area is 128 Å². The molecule has 0 bridgehead atoms. The number of rotatable bonds is 7. The van der Waals surface area contributed by atoms with Gasteiger partial charge in [0.25, 0.3) is 0 Å². The normalized spacial score (nSPS) is 23.3. The third kappa shape index (κ3) is 4.99. The second-order valence-electron chi connectivity index (χ2n) is 6.72. The van der Waals surface area contributed by atoms with Crippen LogP contribution in [0.1, 0.15) is 46.0 Å². The summed E-state index contributed by atoms with van der Waals surface area (Å²) in [6, 6.07) is 0.491. The summed E-state index contributed by atoms with van der Waals surface area (Å²) >= 11 is 0. The Balaban J connectivity index is 1.65. The Morgan fingerprint density at radius 2 is 2.14 bits per heavy atom. The Morgan fingerprint density at radius 3 is 2.81 bits per heavy atom. The molecule has 2 heterocycles. The van der Waals surface area contributed by atoms with E-state index in [0.717, 1.165) is 32.6 Å². The minimum absolute atomic E-state index is 0.0751. The van der Waals surface area contributed by atoms with Crippen LogP contribution in [0, 0.1) is 5.92 Å². The summed E-state index contributed by atoms with van der Waals surface area (Å²) in [5, 5.41) is 3.05. The van der Waals surface area contributed by atoms with E-state index in [1.54, 1.807) is 4.90 Å². The maximum absolute atomic E-state index is 11.9. The zero-order valence-electron chi connectivity index (χ0n) is 13.4. The molecule has 0 unspecified atom stereocenters. The van der Waals surface area contributed by atoms with Crippen molar-refractivity contribution < 1.29 is 9.59 Å². The molecule has 0 aromatic rings. The molecule has 0 aliphatic carbocycles. The molecule has 0 aromatic carbocycles. The largest absolute Gasteiger partial charge is 0.354 e. The second kappa shape index (κ2) is 7.78. The highest BCUT2D eigenvalue weighted by Crippen LogP contribution is 2.18. The van der Waals surface area contributed by atoms with Crippen molar-refractivity contribution >= 4 is 11.8 Å². The number of likely N-dealkylation sites (tertiary alicyclic amines) is 2. The van der Waals surface area contributed by atoms with E-state index in [4.69, 9.17) is 0 Å². The van der Waals surface area contributed by atoms with Gasteiger partial charge in [-0.05, 0) is 31.7 Å². The van der Waals surface area contributed by atoms with Gasteiger partial charge in [0.15, 0.2) is 0 Å². The Kier molecular flexibility index (Phi) is 6.03. The second-order valence-corrected chi connectivity index (χ2v) is 6.72. The van der Waals surface area contributed by atoms with E-state index >= 15 is 0 Å². The molecular formula is C16H29N3O2. The van der Waals surface area contributed by atoms with Crippen molar-refractivity contribution in [3.63, 3.8) is 0 Å². The molecule has 2 rings (SSSR count). The highest BCUT2D eigenvalue weighted by Gasteiger charge is 2.25. The van der Waals surface area contributed by atoms with Gasteiger partial charge in [-0.15, -0.1) is 0 Å². The first-order valence-corrected chi connectivity index (χ1v) is 8.35. The lowest BCUT2D eigenvalue weighted by Crippen LogP contribution is -2.42. The van der Waals surface area contributed by atoms with Crippen molar-refractivity contribution in [2.45, 2.75) is 52.0 Å². The van der Waals surface area contributed by atoms with Gasteiger partial charge in [-0.3, -0.25) is 14.5 Å². The molecule has 2 fully saturated rings. The zero-order valence-corrected chi connectivity index (χ0v) is 13.4. The highest BCUT2D eigenvalue weighted by molar-refractivity contribution is 5.80. The fourth-order valence-electron chi connectivity index (χ4n) is 3.33. The quantitative estimate of drug-likeness (QED) is 0.769. The summed E-state index contributed by atoms with van der Waals surface area (Å²) in [6.07, 6.45) is 4.43. The van der Waals surface area contributed by atoms with Crippen molar-refractivity contribution in [3.05, 3.63) is 0 Å². The summed E-state index contributed by atoms with van der Waals surface area (Å²) in [5.41, 5.74) is 0. The topological polar surface area (TPSA) is 52.7 Å². The van der Waals surface area contributed by atoms with Gasteiger partial charge in [0.1, 0.15) is 0 Å². The van der Waals surface area contributed by atoms with Crippen LogP contribution in [-0.4, -0.2) is 60.4 Å². The predicted molar refractivity (Wildman–Crippen MR) is 82.9 cm³/mol. The summed E-state index contributed by atoms with van der Waals surface area (Å²) in [4.78, 5) is 27.7. The van der Waals surface area contributed by atoms with Crippen LogP contribution < -0.4 is 5.32 Å². The standard InChI is InChI=1S/C16H29N3O2/c1-13(2)12-19-9-3-5-14(19)11-17-15(20)7-10-18-8-4-6-16(18)21/h13-14H,3-12H2,1-2H3,(H,17,20)/t14-/m0/s1. The fourth-order valence-corrected chi connectivity index (χ4v) is 3.33. The molecule has 0 radical (unpaired) electrons. The monoisotopic (exact) mass is 295 g/mol. The van der Waals surface area contributed by atoms with Crippen molar-refractivity contribution in [1.82, 2.24) is 15.1 Å². The van der Waals surface area contributed by atoms with Crippen molar-refractivity contribution in [2.75, 3.05) is 32.7 Å². The van der Waals surface area contributed by atoms with Crippen LogP contribution in [0.3, 0.4) is 0 Å². The third-order valence-electron chi connectivity index (χ3n) is 4.41. The molecule has 120 valence electrons. The summed E-state index contributed by atoms with van der Waals surface area (Å²) in [6.45, 7) is 8.88. The lowest BCUT2D eigenvalue weighted by atomic mass is 10.1. The molecule has 1 atom stereocenters. The lowest BCUT2D eigenvalue weighted by molar-refractivity contribution is -0.128.